The Hall–Kier alpha value is -4.18. The van der Waals surface area contributed by atoms with Crippen molar-refractivity contribution in [3.63, 3.8) is 0 Å². The molecule has 1 aliphatic heterocycles. The van der Waals surface area contributed by atoms with Gasteiger partial charge in [-0.3, -0.25) is 9.78 Å². The molecule has 2 aromatic carbocycles. The molecule has 2 N–H and O–H groups in total. The highest BCUT2D eigenvalue weighted by molar-refractivity contribution is 5.95. The summed E-state index contributed by atoms with van der Waals surface area (Å²) >= 11 is 0. The van der Waals surface area contributed by atoms with Gasteiger partial charge in [0.25, 0.3) is 5.91 Å². The van der Waals surface area contributed by atoms with Crippen molar-refractivity contribution >= 4 is 17.6 Å². The van der Waals surface area contributed by atoms with Gasteiger partial charge in [0.15, 0.2) is 0 Å². The molecule has 0 saturated carbocycles. The molecule has 1 aliphatic rings. The SMILES string of the molecule is C[C@@H](NC(=O)c1cncc(C2=CCOCC2)c1)c1ccc(-c2cc(C(F)(F)F)ccc2CNC(=O)OC(C)(C)C)cc1. The van der Waals surface area contributed by atoms with Gasteiger partial charge in [-0.25, -0.2) is 4.79 Å². The van der Waals surface area contributed by atoms with E-state index in [-0.39, 0.29) is 18.5 Å². The first-order valence-corrected chi connectivity index (χ1v) is 13.6. The Morgan fingerprint density at radius 2 is 1.76 bits per heavy atom. The summed E-state index contributed by atoms with van der Waals surface area (Å²) < 4.78 is 51.2. The number of hydrogen-bond donors (Lipinski definition) is 2. The van der Waals surface area contributed by atoms with Crippen molar-refractivity contribution < 1.29 is 32.2 Å². The van der Waals surface area contributed by atoms with E-state index in [4.69, 9.17) is 9.47 Å². The van der Waals surface area contributed by atoms with Crippen LogP contribution in [0.15, 0.2) is 67.0 Å². The Labute approximate surface area is 243 Å². The van der Waals surface area contributed by atoms with Gasteiger partial charge < -0.3 is 20.1 Å². The van der Waals surface area contributed by atoms with Crippen LogP contribution in [0.25, 0.3) is 16.7 Å². The molecular formula is C32H34F3N3O4. The second-order valence-electron chi connectivity index (χ2n) is 11.1. The summed E-state index contributed by atoms with van der Waals surface area (Å²) in [4.78, 5) is 29.4. The average Bonchev–Trinajstić information content (AvgIpc) is 2.95. The number of nitrogens with zero attached hydrogens (tertiary/aromatic N) is 1. The molecule has 0 saturated heterocycles. The second kappa shape index (κ2) is 12.8. The summed E-state index contributed by atoms with van der Waals surface area (Å²) in [6.07, 6.45) is 0.767. The van der Waals surface area contributed by atoms with E-state index < -0.39 is 23.4 Å². The zero-order valence-corrected chi connectivity index (χ0v) is 24.0. The predicted molar refractivity (Wildman–Crippen MR) is 153 cm³/mol. The summed E-state index contributed by atoms with van der Waals surface area (Å²) in [5, 5.41) is 5.57. The maximum absolute atomic E-state index is 13.5. The molecule has 4 rings (SSSR count). The van der Waals surface area contributed by atoms with E-state index in [0.717, 1.165) is 35.3 Å². The van der Waals surface area contributed by atoms with Gasteiger partial charge in [0.1, 0.15) is 5.60 Å². The molecule has 0 spiro atoms. The second-order valence-corrected chi connectivity index (χ2v) is 11.1. The number of rotatable bonds is 7. The number of pyridine rings is 1. The topological polar surface area (TPSA) is 89.5 Å². The van der Waals surface area contributed by atoms with Crippen LogP contribution in [0.5, 0.6) is 0 Å². The summed E-state index contributed by atoms with van der Waals surface area (Å²) in [6.45, 7) is 8.12. The van der Waals surface area contributed by atoms with E-state index in [9.17, 15) is 22.8 Å². The molecule has 0 fully saturated rings. The third kappa shape index (κ3) is 8.19. The summed E-state index contributed by atoms with van der Waals surface area (Å²) in [5.74, 6) is -0.290. The molecule has 0 aliphatic carbocycles. The third-order valence-electron chi connectivity index (χ3n) is 6.66. The lowest BCUT2D eigenvalue weighted by molar-refractivity contribution is -0.137. The van der Waals surface area contributed by atoms with Gasteiger partial charge in [-0.1, -0.05) is 36.4 Å². The van der Waals surface area contributed by atoms with Crippen LogP contribution in [-0.2, 0) is 22.2 Å². The highest BCUT2D eigenvalue weighted by Gasteiger charge is 2.31. The van der Waals surface area contributed by atoms with Crippen molar-refractivity contribution in [3.8, 4) is 11.1 Å². The van der Waals surface area contributed by atoms with Crippen molar-refractivity contribution in [1.82, 2.24) is 15.6 Å². The van der Waals surface area contributed by atoms with Gasteiger partial charge in [0.05, 0.1) is 30.4 Å². The number of carbonyl (C=O) groups is 2. The molecule has 1 atom stereocenters. The summed E-state index contributed by atoms with van der Waals surface area (Å²) in [5.41, 5.74) is 3.00. The van der Waals surface area contributed by atoms with E-state index in [1.54, 1.807) is 57.3 Å². The largest absolute Gasteiger partial charge is 0.444 e. The molecule has 1 aromatic heterocycles. The number of amides is 2. The molecule has 2 heterocycles. The fourth-order valence-electron chi connectivity index (χ4n) is 4.50. The summed E-state index contributed by atoms with van der Waals surface area (Å²) in [7, 11) is 0. The van der Waals surface area contributed by atoms with Gasteiger partial charge in [-0.15, -0.1) is 0 Å². The number of carbonyl (C=O) groups excluding carboxylic acids is 2. The average molecular weight is 582 g/mol. The van der Waals surface area contributed by atoms with Gasteiger partial charge in [-0.2, -0.15) is 13.2 Å². The van der Waals surface area contributed by atoms with Crippen LogP contribution in [0.4, 0.5) is 18.0 Å². The first-order chi connectivity index (χ1) is 19.8. The number of hydrogen-bond acceptors (Lipinski definition) is 5. The van der Waals surface area contributed by atoms with E-state index in [1.165, 1.54) is 12.3 Å². The van der Waals surface area contributed by atoms with Gasteiger partial charge in [0.2, 0.25) is 0 Å². The maximum atomic E-state index is 13.5. The number of nitrogens with one attached hydrogen (secondary N) is 2. The fourth-order valence-corrected chi connectivity index (χ4v) is 4.50. The van der Waals surface area contributed by atoms with E-state index in [1.807, 2.05) is 13.0 Å². The number of benzene rings is 2. The zero-order valence-electron chi connectivity index (χ0n) is 24.0. The van der Waals surface area contributed by atoms with Gasteiger partial charge in [-0.05, 0) is 85.7 Å². The van der Waals surface area contributed by atoms with Crippen molar-refractivity contribution in [3.05, 3.63) is 94.8 Å². The molecule has 222 valence electrons. The van der Waals surface area contributed by atoms with E-state index in [2.05, 4.69) is 15.6 Å². The fraction of sp³-hybridized carbons (Fsp3) is 0.344. The molecule has 3 aromatic rings. The molecule has 7 nitrogen and oxygen atoms in total. The van der Waals surface area contributed by atoms with Crippen molar-refractivity contribution in [2.24, 2.45) is 0 Å². The smallest absolute Gasteiger partial charge is 0.416 e. The molecule has 0 radical (unpaired) electrons. The Morgan fingerprint density at radius 3 is 2.40 bits per heavy atom. The van der Waals surface area contributed by atoms with Crippen LogP contribution in [0, 0.1) is 0 Å². The highest BCUT2D eigenvalue weighted by atomic mass is 19.4. The molecular weight excluding hydrogens is 547 g/mol. The van der Waals surface area contributed by atoms with Crippen LogP contribution < -0.4 is 10.6 Å². The number of alkyl halides is 3. The lowest BCUT2D eigenvalue weighted by atomic mass is 9.95. The van der Waals surface area contributed by atoms with Crippen LogP contribution >= 0.6 is 0 Å². The molecule has 0 unspecified atom stereocenters. The van der Waals surface area contributed by atoms with Crippen molar-refractivity contribution in [2.75, 3.05) is 13.2 Å². The van der Waals surface area contributed by atoms with E-state index in [0.29, 0.717) is 35.5 Å². The van der Waals surface area contributed by atoms with E-state index >= 15 is 0 Å². The number of ether oxygens (including phenoxy) is 2. The first kappa shape index (κ1) is 30.8. The quantitative estimate of drug-likeness (QED) is 0.311. The Balaban J connectivity index is 1.50. The molecule has 10 heteroatoms. The Morgan fingerprint density at radius 1 is 1.02 bits per heavy atom. The maximum Gasteiger partial charge on any atom is 0.416 e. The number of alkyl carbamates (subject to hydrolysis) is 1. The third-order valence-corrected chi connectivity index (χ3v) is 6.66. The molecule has 2 amide bonds. The van der Waals surface area contributed by atoms with Crippen molar-refractivity contribution in [1.29, 1.82) is 0 Å². The van der Waals surface area contributed by atoms with Crippen molar-refractivity contribution in [2.45, 2.75) is 58.5 Å². The lowest BCUT2D eigenvalue weighted by Gasteiger charge is -2.20. The zero-order chi connectivity index (χ0) is 30.5. The lowest BCUT2D eigenvalue weighted by Crippen LogP contribution is -2.32. The van der Waals surface area contributed by atoms with Crippen LogP contribution in [-0.4, -0.2) is 35.8 Å². The standard InChI is InChI=1S/C32H34F3N3O4/c1-20(38-29(39)26-15-25(17-36-18-26)22-11-13-41-14-12-22)21-5-7-23(8-6-21)28-16-27(32(33,34)35)10-9-24(28)19-37-30(40)42-31(2,3)4/h5-11,15-18,20H,12-14,19H2,1-4H3,(H,37,40)(H,38,39)/t20-/m1/s1. The highest BCUT2D eigenvalue weighted by Crippen LogP contribution is 2.34. The first-order valence-electron chi connectivity index (χ1n) is 13.6. The minimum atomic E-state index is -4.53. The Kier molecular flexibility index (Phi) is 9.36. The number of aromatic nitrogens is 1. The van der Waals surface area contributed by atoms with Crippen LogP contribution in [0.1, 0.15) is 72.8 Å². The van der Waals surface area contributed by atoms with Gasteiger partial charge >= 0.3 is 12.3 Å². The molecule has 0 bridgehead atoms. The minimum absolute atomic E-state index is 0.0202. The minimum Gasteiger partial charge on any atom is -0.444 e. The number of halogens is 3. The summed E-state index contributed by atoms with van der Waals surface area (Å²) in [6, 6.07) is 11.7. The molecule has 42 heavy (non-hydrogen) atoms. The van der Waals surface area contributed by atoms with Crippen LogP contribution in [0.2, 0.25) is 0 Å². The van der Waals surface area contributed by atoms with Crippen LogP contribution in [0.3, 0.4) is 0 Å². The van der Waals surface area contributed by atoms with Gasteiger partial charge in [0, 0.05) is 18.9 Å². The normalized spacial score (nSPS) is 14.5. The monoisotopic (exact) mass is 581 g/mol. The Bertz CT molecular complexity index is 1460. The predicted octanol–water partition coefficient (Wildman–Crippen LogP) is 7.09.